The van der Waals surface area contributed by atoms with Gasteiger partial charge < -0.3 is 19.7 Å². The molecule has 116 valence electrons. The van der Waals surface area contributed by atoms with Crippen LogP contribution in [0.25, 0.3) is 0 Å². The van der Waals surface area contributed by atoms with E-state index in [2.05, 4.69) is 10.1 Å². The molecule has 21 heavy (non-hydrogen) atoms. The minimum Gasteiger partial charge on any atom is -0.493 e. The number of alkyl halides is 2. The first kappa shape index (κ1) is 15.3. The highest BCUT2D eigenvalue weighted by Crippen LogP contribution is 2.29. The molecule has 0 spiro atoms. The lowest BCUT2D eigenvalue weighted by atomic mass is 10.2. The number of rotatable bonds is 5. The summed E-state index contributed by atoms with van der Waals surface area (Å²) in [6, 6.07) is 4.53. The van der Waals surface area contributed by atoms with Crippen molar-refractivity contribution in [1.82, 2.24) is 10.2 Å². The molecule has 0 bridgehead atoms. The fourth-order valence-electron chi connectivity index (χ4n) is 2.23. The maximum atomic E-state index is 12.3. The highest BCUT2D eigenvalue weighted by atomic mass is 19.3. The lowest BCUT2D eigenvalue weighted by Crippen LogP contribution is -2.37. The normalized spacial score (nSPS) is 14.4. The van der Waals surface area contributed by atoms with Crippen molar-refractivity contribution in [2.24, 2.45) is 0 Å². The van der Waals surface area contributed by atoms with Gasteiger partial charge in [-0.3, -0.25) is 0 Å². The summed E-state index contributed by atoms with van der Waals surface area (Å²) in [4.78, 5) is 13.6. The first-order chi connectivity index (χ1) is 10.1. The van der Waals surface area contributed by atoms with Crippen LogP contribution in [-0.4, -0.2) is 37.7 Å². The number of urea groups is 1. The Morgan fingerprint density at radius 3 is 2.67 bits per heavy atom. The predicted octanol–water partition coefficient (Wildman–Crippen LogP) is 2.60. The largest absolute Gasteiger partial charge is 0.493 e. The minimum absolute atomic E-state index is 0.0413. The zero-order chi connectivity index (χ0) is 15.2. The molecule has 2 amide bonds. The maximum absolute atomic E-state index is 12.3. The number of hydrogen-bond acceptors (Lipinski definition) is 3. The monoisotopic (exact) mass is 300 g/mol. The van der Waals surface area contributed by atoms with Gasteiger partial charge in [-0.05, 0) is 30.5 Å². The second kappa shape index (κ2) is 7.10. The number of likely N-dealkylation sites (tertiary alicyclic amines) is 1. The van der Waals surface area contributed by atoms with E-state index in [1.165, 1.54) is 19.2 Å². The van der Waals surface area contributed by atoms with Crippen LogP contribution in [0, 0.1) is 0 Å². The number of nitrogens with one attached hydrogen (secondary N) is 1. The molecule has 0 aromatic heterocycles. The molecule has 0 aliphatic carbocycles. The quantitative estimate of drug-likeness (QED) is 0.909. The molecule has 0 radical (unpaired) electrons. The first-order valence-electron chi connectivity index (χ1n) is 6.74. The molecule has 1 N–H and O–H groups in total. The Hall–Kier alpha value is -2.05. The number of ether oxygens (including phenoxy) is 2. The number of methoxy groups -OCH3 is 1. The van der Waals surface area contributed by atoms with Crippen molar-refractivity contribution in [3.05, 3.63) is 23.8 Å². The molecule has 2 rings (SSSR count). The summed E-state index contributed by atoms with van der Waals surface area (Å²) < 4.78 is 34.0. The van der Waals surface area contributed by atoms with Crippen molar-refractivity contribution in [2.45, 2.75) is 26.0 Å². The Labute approximate surface area is 121 Å². The predicted molar refractivity (Wildman–Crippen MR) is 72.7 cm³/mol. The third kappa shape index (κ3) is 4.21. The van der Waals surface area contributed by atoms with E-state index >= 15 is 0 Å². The van der Waals surface area contributed by atoms with Gasteiger partial charge in [0.2, 0.25) is 0 Å². The SMILES string of the molecule is COc1ccc(CNC(=O)N2CCCC2)cc1OC(F)F. The van der Waals surface area contributed by atoms with Crippen LogP contribution in [0.1, 0.15) is 18.4 Å². The summed E-state index contributed by atoms with van der Waals surface area (Å²) in [6.45, 7) is -1.16. The number of carbonyl (C=O) groups is 1. The summed E-state index contributed by atoms with van der Waals surface area (Å²) in [6.07, 6.45) is 2.03. The number of amides is 2. The van der Waals surface area contributed by atoms with Crippen molar-refractivity contribution >= 4 is 6.03 Å². The lowest BCUT2D eigenvalue weighted by molar-refractivity contribution is -0.0512. The van der Waals surface area contributed by atoms with Gasteiger partial charge in [0, 0.05) is 19.6 Å². The average Bonchev–Trinajstić information content (AvgIpc) is 2.98. The number of halogens is 2. The second-order valence-electron chi connectivity index (χ2n) is 4.72. The topological polar surface area (TPSA) is 50.8 Å². The van der Waals surface area contributed by atoms with Crippen LogP contribution in [0.5, 0.6) is 11.5 Å². The van der Waals surface area contributed by atoms with Crippen molar-refractivity contribution in [1.29, 1.82) is 0 Å². The van der Waals surface area contributed by atoms with Gasteiger partial charge in [-0.2, -0.15) is 8.78 Å². The Balaban J connectivity index is 1.97. The summed E-state index contributed by atoms with van der Waals surface area (Å²) in [5, 5.41) is 2.76. The third-order valence-corrected chi connectivity index (χ3v) is 3.28. The van der Waals surface area contributed by atoms with E-state index in [-0.39, 0.29) is 24.1 Å². The Morgan fingerprint density at radius 2 is 2.05 bits per heavy atom. The molecule has 1 aliphatic heterocycles. The highest BCUT2D eigenvalue weighted by molar-refractivity contribution is 5.74. The van der Waals surface area contributed by atoms with Gasteiger partial charge in [0.25, 0.3) is 0 Å². The fourth-order valence-corrected chi connectivity index (χ4v) is 2.23. The Bertz CT molecular complexity index is 491. The number of hydrogen-bond donors (Lipinski definition) is 1. The minimum atomic E-state index is -2.92. The van der Waals surface area contributed by atoms with E-state index < -0.39 is 6.61 Å². The molecule has 1 heterocycles. The lowest BCUT2D eigenvalue weighted by Gasteiger charge is -2.17. The van der Waals surface area contributed by atoms with Gasteiger partial charge in [0.05, 0.1) is 7.11 Å². The van der Waals surface area contributed by atoms with Crippen LogP contribution >= 0.6 is 0 Å². The fraction of sp³-hybridized carbons (Fsp3) is 0.500. The van der Waals surface area contributed by atoms with E-state index in [0.717, 1.165) is 25.9 Å². The molecule has 1 aromatic carbocycles. The molecule has 0 unspecified atom stereocenters. The van der Waals surface area contributed by atoms with E-state index in [0.29, 0.717) is 5.56 Å². The van der Waals surface area contributed by atoms with Crippen molar-refractivity contribution in [3.63, 3.8) is 0 Å². The van der Waals surface area contributed by atoms with E-state index in [1.807, 2.05) is 0 Å². The van der Waals surface area contributed by atoms with Gasteiger partial charge in [-0.1, -0.05) is 6.07 Å². The van der Waals surface area contributed by atoms with E-state index in [1.54, 1.807) is 11.0 Å². The van der Waals surface area contributed by atoms with Crippen LogP contribution in [-0.2, 0) is 6.54 Å². The van der Waals surface area contributed by atoms with Gasteiger partial charge >= 0.3 is 12.6 Å². The van der Waals surface area contributed by atoms with Crippen LogP contribution in [0.2, 0.25) is 0 Å². The Kier molecular flexibility index (Phi) is 5.19. The maximum Gasteiger partial charge on any atom is 0.387 e. The molecule has 1 fully saturated rings. The van der Waals surface area contributed by atoms with Gasteiger partial charge in [-0.15, -0.1) is 0 Å². The first-order valence-corrected chi connectivity index (χ1v) is 6.74. The second-order valence-corrected chi connectivity index (χ2v) is 4.72. The smallest absolute Gasteiger partial charge is 0.387 e. The van der Waals surface area contributed by atoms with Crippen molar-refractivity contribution in [2.75, 3.05) is 20.2 Å². The molecule has 7 heteroatoms. The molecule has 1 saturated heterocycles. The van der Waals surface area contributed by atoms with Gasteiger partial charge in [0.15, 0.2) is 11.5 Å². The van der Waals surface area contributed by atoms with Crippen molar-refractivity contribution < 1.29 is 23.0 Å². The highest BCUT2D eigenvalue weighted by Gasteiger charge is 2.17. The average molecular weight is 300 g/mol. The number of benzene rings is 1. The standard InChI is InChI=1S/C14H18F2N2O3/c1-20-11-5-4-10(8-12(11)21-13(15)16)9-17-14(19)18-6-2-3-7-18/h4-5,8,13H,2-3,6-7,9H2,1H3,(H,17,19). The zero-order valence-electron chi connectivity index (χ0n) is 11.8. The Morgan fingerprint density at radius 1 is 1.33 bits per heavy atom. The van der Waals surface area contributed by atoms with E-state index in [4.69, 9.17) is 4.74 Å². The third-order valence-electron chi connectivity index (χ3n) is 3.28. The van der Waals surface area contributed by atoms with Gasteiger partial charge in [0.1, 0.15) is 0 Å². The number of carbonyl (C=O) groups excluding carboxylic acids is 1. The molecular weight excluding hydrogens is 282 g/mol. The van der Waals surface area contributed by atoms with Crippen LogP contribution in [0.3, 0.4) is 0 Å². The summed E-state index contributed by atoms with van der Waals surface area (Å²) >= 11 is 0. The zero-order valence-corrected chi connectivity index (χ0v) is 11.8. The molecule has 0 saturated carbocycles. The molecule has 1 aliphatic rings. The molecule has 1 aromatic rings. The summed E-state index contributed by atoms with van der Waals surface area (Å²) in [7, 11) is 1.38. The summed E-state index contributed by atoms with van der Waals surface area (Å²) in [5.41, 5.74) is 0.666. The van der Waals surface area contributed by atoms with Crippen LogP contribution in [0.15, 0.2) is 18.2 Å². The van der Waals surface area contributed by atoms with Crippen molar-refractivity contribution in [3.8, 4) is 11.5 Å². The molecule has 0 atom stereocenters. The molecule has 5 nitrogen and oxygen atoms in total. The molecular formula is C14H18F2N2O3. The number of nitrogens with zero attached hydrogens (tertiary/aromatic N) is 1. The summed E-state index contributed by atoms with van der Waals surface area (Å²) in [5.74, 6) is 0.186. The van der Waals surface area contributed by atoms with E-state index in [9.17, 15) is 13.6 Å². The van der Waals surface area contributed by atoms with Crippen LogP contribution < -0.4 is 14.8 Å². The van der Waals surface area contributed by atoms with Crippen LogP contribution in [0.4, 0.5) is 13.6 Å². The van der Waals surface area contributed by atoms with Gasteiger partial charge in [-0.25, -0.2) is 4.79 Å².